The number of hydrogen-bond acceptors (Lipinski definition) is 4. The van der Waals surface area contributed by atoms with Gasteiger partial charge in [-0.1, -0.05) is 25.7 Å². The highest BCUT2D eigenvalue weighted by atomic mass is 16.5. The van der Waals surface area contributed by atoms with E-state index in [9.17, 15) is 4.79 Å². The molecule has 2 aliphatic carbocycles. The molecule has 3 aliphatic rings. The molecule has 0 aromatic carbocycles. The number of aromatic nitrogens is 2. The molecule has 5 heteroatoms. The number of nitrogens with zero attached hydrogens (tertiary/aromatic N) is 3. The molecule has 0 N–H and O–H groups in total. The second-order valence-electron chi connectivity index (χ2n) is 7.63. The van der Waals surface area contributed by atoms with E-state index in [-0.39, 0.29) is 5.92 Å². The summed E-state index contributed by atoms with van der Waals surface area (Å²) in [6, 6.07) is 0. The Balaban J connectivity index is 1.45. The largest absolute Gasteiger partial charge is 0.481 e. The normalized spacial score (nSPS) is 29.5. The van der Waals surface area contributed by atoms with Crippen LogP contribution in [0.25, 0.3) is 0 Å². The van der Waals surface area contributed by atoms with Gasteiger partial charge in [0.2, 0.25) is 11.8 Å². The molecular formula is C19H27N3O2. The molecule has 2 saturated carbocycles. The topological polar surface area (TPSA) is 55.3 Å². The Morgan fingerprint density at radius 2 is 2.00 bits per heavy atom. The molecule has 3 atom stereocenters. The first-order valence-corrected chi connectivity index (χ1v) is 9.41. The summed E-state index contributed by atoms with van der Waals surface area (Å²) in [7, 11) is 1.63. The average molecular weight is 329 g/mol. The Morgan fingerprint density at radius 3 is 2.83 bits per heavy atom. The Bertz CT molecular complexity index is 604. The molecule has 2 heterocycles. The van der Waals surface area contributed by atoms with Gasteiger partial charge < -0.3 is 9.64 Å². The first-order chi connectivity index (χ1) is 11.8. The standard InChI is InChI=1S/C19H27N3O2/c1-24-18-16-11-22(9-8-17(16)20-12-21-18)19(23)15-7-6-13-4-2-3-5-14(13)10-15/h12-15H,2-11H2,1H3/t13-,14-,15-/m1/s1. The number of ether oxygens (including phenoxy) is 1. The third-order valence-electron chi connectivity index (χ3n) is 6.36. The number of fused-ring (bicyclic) bond motifs is 2. The molecule has 1 aromatic rings. The quantitative estimate of drug-likeness (QED) is 0.837. The minimum atomic E-state index is 0.224. The fraction of sp³-hybridized carbons (Fsp3) is 0.737. The molecule has 2 fully saturated rings. The zero-order chi connectivity index (χ0) is 16.5. The van der Waals surface area contributed by atoms with Crippen LogP contribution in [0.2, 0.25) is 0 Å². The summed E-state index contributed by atoms with van der Waals surface area (Å²) in [5.41, 5.74) is 2.02. The fourth-order valence-corrected chi connectivity index (χ4v) is 5.04. The van der Waals surface area contributed by atoms with Crippen molar-refractivity contribution >= 4 is 5.91 Å². The Morgan fingerprint density at radius 1 is 1.17 bits per heavy atom. The van der Waals surface area contributed by atoms with E-state index in [1.165, 1.54) is 32.1 Å². The second-order valence-corrected chi connectivity index (χ2v) is 7.63. The van der Waals surface area contributed by atoms with Crippen LogP contribution in [0, 0.1) is 17.8 Å². The number of carbonyl (C=O) groups excluding carboxylic acids is 1. The van der Waals surface area contributed by atoms with Crippen molar-refractivity contribution in [3.8, 4) is 5.88 Å². The molecule has 0 saturated heterocycles. The molecule has 1 aromatic heterocycles. The first-order valence-electron chi connectivity index (χ1n) is 9.41. The highest BCUT2D eigenvalue weighted by molar-refractivity contribution is 5.79. The van der Waals surface area contributed by atoms with Gasteiger partial charge in [0.15, 0.2) is 0 Å². The van der Waals surface area contributed by atoms with Crippen molar-refractivity contribution in [2.75, 3.05) is 13.7 Å². The number of methoxy groups -OCH3 is 1. The van der Waals surface area contributed by atoms with Crippen molar-refractivity contribution in [2.24, 2.45) is 17.8 Å². The smallest absolute Gasteiger partial charge is 0.226 e. The SMILES string of the molecule is COc1ncnc2c1CN(C(=O)[C@@H]1CC[C@H]3CCCC[C@@H]3C1)CC2. The van der Waals surface area contributed by atoms with Crippen LogP contribution in [-0.4, -0.2) is 34.4 Å². The lowest BCUT2D eigenvalue weighted by molar-refractivity contribution is -0.139. The lowest BCUT2D eigenvalue weighted by Gasteiger charge is -2.40. The van der Waals surface area contributed by atoms with Crippen molar-refractivity contribution in [1.82, 2.24) is 14.9 Å². The summed E-state index contributed by atoms with van der Waals surface area (Å²) in [4.78, 5) is 23.7. The maximum absolute atomic E-state index is 13.1. The number of rotatable bonds is 2. The number of carbonyl (C=O) groups is 1. The highest BCUT2D eigenvalue weighted by Crippen LogP contribution is 2.43. The molecule has 1 aliphatic heterocycles. The second kappa shape index (κ2) is 6.69. The van der Waals surface area contributed by atoms with Gasteiger partial charge in [-0.25, -0.2) is 9.97 Å². The monoisotopic (exact) mass is 329 g/mol. The number of amides is 1. The summed E-state index contributed by atoms with van der Waals surface area (Å²) in [5, 5.41) is 0. The van der Waals surface area contributed by atoms with Crippen LogP contribution >= 0.6 is 0 Å². The third kappa shape index (κ3) is 2.89. The molecule has 0 bridgehead atoms. The molecule has 24 heavy (non-hydrogen) atoms. The van der Waals surface area contributed by atoms with Crippen molar-refractivity contribution in [3.63, 3.8) is 0 Å². The summed E-state index contributed by atoms with van der Waals surface area (Å²) in [6.45, 7) is 1.37. The minimum absolute atomic E-state index is 0.224. The first kappa shape index (κ1) is 15.9. The summed E-state index contributed by atoms with van der Waals surface area (Å²) in [5.74, 6) is 2.86. The van der Waals surface area contributed by atoms with Gasteiger partial charge in [0.1, 0.15) is 6.33 Å². The maximum atomic E-state index is 13.1. The molecule has 0 spiro atoms. The average Bonchev–Trinajstić information content (AvgIpc) is 2.66. The van der Waals surface area contributed by atoms with Crippen LogP contribution in [0.15, 0.2) is 6.33 Å². The molecule has 130 valence electrons. The van der Waals surface area contributed by atoms with Crippen LogP contribution in [0.1, 0.15) is 56.2 Å². The molecular weight excluding hydrogens is 302 g/mol. The summed E-state index contributed by atoms with van der Waals surface area (Å²) in [6.07, 6.45) is 11.3. The predicted molar refractivity (Wildman–Crippen MR) is 90.5 cm³/mol. The zero-order valence-electron chi connectivity index (χ0n) is 14.5. The van der Waals surface area contributed by atoms with Crippen molar-refractivity contribution < 1.29 is 9.53 Å². The van der Waals surface area contributed by atoms with E-state index in [4.69, 9.17) is 4.74 Å². The van der Waals surface area contributed by atoms with E-state index in [0.29, 0.717) is 18.3 Å². The van der Waals surface area contributed by atoms with Gasteiger partial charge in [-0.3, -0.25) is 4.79 Å². The van der Waals surface area contributed by atoms with E-state index >= 15 is 0 Å². The third-order valence-corrected chi connectivity index (χ3v) is 6.36. The molecule has 0 unspecified atom stereocenters. The maximum Gasteiger partial charge on any atom is 0.226 e. The van der Waals surface area contributed by atoms with Gasteiger partial charge in [-0.2, -0.15) is 0 Å². The van der Waals surface area contributed by atoms with Gasteiger partial charge in [-0.15, -0.1) is 0 Å². The number of hydrogen-bond donors (Lipinski definition) is 0. The zero-order valence-corrected chi connectivity index (χ0v) is 14.5. The van der Waals surface area contributed by atoms with Crippen LogP contribution in [0.3, 0.4) is 0 Å². The van der Waals surface area contributed by atoms with Gasteiger partial charge in [0.25, 0.3) is 0 Å². The van der Waals surface area contributed by atoms with Gasteiger partial charge in [0, 0.05) is 18.9 Å². The van der Waals surface area contributed by atoms with Crippen LogP contribution in [0.4, 0.5) is 0 Å². The van der Waals surface area contributed by atoms with E-state index in [1.807, 2.05) is 4.90 Å². The fourth-order valence-electron chi connectivity index (χ4n) is 5.04. The van der Waals surface area contributed by atoms with Crippen LogP contribution < -0.4 is 4.74 Å². The Labute approximate surface area is 143 Å². The van der Waals surface area contributed by atoms with Crippen molar-refractivity contribution in [3.05, 3.63) is 17.6 Å². The summed E-state index contributed by atoms with van der Waals surface area (Å²) < 4.78 is 5.37. The van der Waals surface area contributed by atoms with Crippen molar-refractivity contribution in [1.29, 1.82) is 0 Å². The van der Waals surface area contributed by atoms with E-state index in [0.717, 1.165) is 48.9 Å². The molecule has 0 radical (unpaired) electrons. The van der Waals surface area contributed by atoms with Crippen LogP contribution in [-0.2, 0) is 17.8 Å². The van der Waals surface area contributed by atoms with Gasteiger partial charge in [0.05, 0.1) is 24.9 Å². The molecule has 5 nitrogen and oxygen atoms in total. The van der Waals surface area contributed by atoms with Gasteiger partial charge in [-0.05, 0) is 31.1 Å². The van der Waals surface area contributed by atoms with Crippen LogP contribution in [0.5, 0.6) is 5.88 Å². The molecule has 1 amide bonds. The van der Waals surface area contributed by atoms with E-state index in [1.54, 1.807) is 13.4 Å². The van der Waals surface area contributed by atoms with E-state index in [2.05, 4.69) is 9.97 Å². The molecule has 4 rings (SSSR count). The lowest BCUT2D eigenvalue weighted by Crippen LogP contribution is -2.43. The predicted octanol–water partition coefficient (Wildman–Crippen LogP) is 2.98. The highest BCUT2D eigenvalue weighted by Gasteiger charge is 2.37. The van der Waals surface area contributed by atoms with E-state index < -0.39 is 0 Å². The lowest BCUT2D eigenvalue weighted by atomic mass is 9.67. The van der Waals surface area contributed by atoms with Crippen molar-refractivity contribution in [2.45, 2.75) is 57.9 Å². The van der Waals surface area contributed by atoms with Gasteiger partial charge >= 0.3 is 0 Å². The Kier molecular flexibility index (Phi) is 4.42. The minimum Gasteiger partial charge on any atom is -0.481 e. The Hall–Kier alpha value is -1.65. The summed E-state index contributed by atoms with van der Waals surface area (Å²) >= 11 is 0.